The first-order valence-corrected chi connectivity index (χ1v) is 9.30. The molecule has 0 saturated carbocycles. The van der Waals surface area contributed by atoms with Crippen LogP contribution in [0.25, 0.3) is 0 Å². The summed E-state index contributed by atoms with van der Waals surface area (Å²) in [4.78, 5) is 2.45. The molecule has 0 aliphatic carbocycles. The van der Waals surface area contributed by atoms with Gasteiger partial charge in [0.05, 0.1) is 22.3 Å². The van der Waals surface area contributed by atoms with E-state index in [0.717, 1.165) is 25.8 Å². The number of hydrogen-bond acceptors (Lipinski definition) is 5. The average molecular weight is 322 g/mol. The fourth-order valence-electron chi connectivity index (χ4n) is 2.92. The van der Waals surface area contributed by atoms with Gasteiger partial charge >= 0.3 is 0 Å². The summed E-state index contributed by atoms with van der Waals surface area (Å²) in [6.45, 7) is 1.53. The number of piperidine rings is 1. The average Bonchev–Trinajstić information content (AvgIpc) is 2.54. The van der Waals surface area contributed by atoms with Crippen molar-refractivity contribution < 1.29 is 13.5 Å². The number of hydrogen-bond donors (Lipinski definition) is 1. The van der Waals surface area contributed by atoms with Crippen LogP contribution in [0.15, 0.2) is 29.2 Å². The minimum atomic E-state index is -3.34. The van der Waals surface area contributed by atoms with Gasteiger partial charge in [0.15, 0.2) is 9.84 Å². The summed E-state index contributed by atoms with van der Waals surface area (Å²) in [5, 5.41) is 17.9. The van der Waals surface area contributed by atoms with Gasteiger partial charge in [-0.1, -0.05) is 6.42 Å². The van der Waals surface area contributed by atoms with Gasteiger partial charge in [0.2, 0.25) is 0 Å². The van der Waals surface area contributed by atoms with E-state index in [0.29, 0.717) is 18.5 Å². The molecule has 1 saturated heterocycles. The molecule has 0 amide bonds. The number of aliphatic hydroxyl groups is 1. The molecule has 0 radical (unpaired) electrons. The van der Waals surface area contributed by atoms with Gasteiger partial charge in [-0.15, -0.1) is 0 Å². The number of nitriles is 1. The van der Waals surface area contributed by atoms with Crippen molar-refractivity contribution in [3.8, 4) is 6.07 Å². The zero-order chi connectivity index (χ0) is 16.0. The molecule has 2 rings (SSSR count). The Hall–Kier alpha value is -1.42. The Bertz CT molecular complexity index is 618. The van der Waals surface area contributed by atoms with E-state index in [-0.39, 0.29) is 23.3 Å². The Morgan fingerprint density at radius 3 is 2.64 bits per heavy atom. The molecule has 0 aromatic heterocycles. The minimum absolute atomic E-state index is 0.0703. The molecule has 1 aromatic carbocycles. The highest BCUT2D eigenvalue weighted by molar-refractivity contribution is 7.91. The van der Waals surface area contributed by atoms with Gasteiger partial charge in [0.1, 0.15) is 0 Å². The third-order valence-corrected chi connectivity index (χ3v) is 5.91. The highest BCUT2D eigenvalue weighted by atomic mass is 32.2. The molecule has 5 nitrogen and oxygen atoms in total. The molecule has 120 valence electrons. The van der Waals surface area contributed by atoms with E-state index < -0.39 is 9.84 Å². The highest BCUT2D eigenvalue weighted by Crippen LogP contribution is 2.20. The Morgan fingerprint density at radius 1 is 1.27 bits per heavy atom. The van der Waals surface area contributed by atoms with Gasteiger partial charge in [-0.2, -0.15) is 5.26 Å². The smallest absolute Gasteiger partial charge is 0.179 e. The monoisotopic (exact) mass is 322 g/mol. The van der Waals surface area contributed by atoms with E-state index in [9.17, 15) is 8.42 Å². The number of likely N-dealkylation sites (tertiary alicyclic amines) is 1. The van der Waals surface area contributed by atoms with Crippen LogP contribution in [0.5, 0.6) is 0 Å². The van der Waals surface area contributed by atoms with Crippen LogP contribution in [0.2, 0.25) is 0 Å². The maximum Gasteiger partial charge on any atom is 0.179 e. The minimum Gasteiger partial charge on any atom is -0.396 e. The molecule has 1 fully saturated rings. The number of nitrogens with zero attached hydrogens (tertiary/aromatic N) is 2. The van der Waals surface area contributed by atoms with Gasteiger partial charge in [0, 0.05) is 19.2 Å². The Morgan fingerprint density at radius 2 is 2.00 bits per heavy atom. The van der Waals surface area contributed by atoms with Crippen LogP contribution in [0.3, 0.4) is 0 Å². The zero-order valence-corrected chi connectivity index (χ0v) is 13.4. The molecule has 1 aromatic rings. The molecule has 1 atom stereocenters. The Balaban J connectivity index is 2.00. The molecular formula is C16H22N2O3S. The third kappa shape index (κ3) is 4.29. The maximum atomic E-state index is 12.4. The van der Waals surface area contributed by atoms with Crippen molar-refractivity contribution in [2.45, 2.75) is 36.6 Å². The summed E-state index contributed by atoms with van der Waals surface area (Å²) < 4.78 is 24.8. The van der Waals surface area contributed by atoms with Crippen LogP contribution >= 0.6 is 0 Å². The summed E-state index contributed by atoms with van der Waals surface area (Å²) in [5.41, 5.74) is 0.456. The van der Waals surface area contributed by atoms with Crippen LogP contribution in [0, 0.1) is 11.3 Å². The molecule has 1 N–H and O–H groups in total. The lowest BCUT2D eigenvalue weighted by Crippen LogP contribution is -2.42. The summed E-state index contributed by atoms with van der Waals surface area (Å²) in [5.74, 6) is 0.0703. The number of benzene rings is 1. The van der Waals surface area contributed by atoms with Crippen LogP contribution in [-0.2, 0) is 9.84 Å². The fraction of sp³-hybridized carbons (Fsp3) is 0.562. The van der Waals surface area contributed by atoms with Crippen molar-refractivity contribution in [2.75, 3.05) is 25.4 Å². The normalized spacial score (nSPS) is 19.7. The van der Waals surface area contributed by atoms with Gasteiger partial charge in [-0.05, 0) is 50.1 Å². The lowest BCUT2D eigenvalue weighted by atomic mass is 10.00. The van der Waals surface area contributed by atoms with E-state index >= 15 is 0 Å². The van der Waals surface area contributed by atoms with Crippen molar-refractivity contribution in [3.63, 3.8) is 0 Å². The fourth-order valence-corrected chi connectivity index (χ4v) is 4.18. The predicted molar refractivity (Wildman–Crippen MR) is 84.1 cm³/mol. The van der Waals surface area contributed by atoms with E-state index in [2.05, 4.69) is 4.90 Å². The standard InChI is InChI=1S/C16H22N2O3S/c17-13-14-4-6-16(7-5-14)22(20,21)12-10-18-9-2-1-3-15(18)8-11-19/h4-7,15,19H,1-3,8-12H2. The second kappa shape index (κ2) is 7.73. The quantitative estimate of drug-likeness (QED) is 0.860. The summed E-state index contributed by atoms with van der Waals surface area (Å²) >= 11 is 0. The van der Waals surface area contributed by atoms with E-state index in [4.69, 9.17) is 10.4 Å². The van der Waals surface area contributed by atoms with Crippen LogP contribution < -0.4 is 0 Å². The van der Waals surface area contributed by atoms with Gasteiger partial charge in [0.25, 0.3) is 0 Å². The molecule has 0 spiro atoms. The van der Waals surface area contributed by atoms with E-state index in [1.165, 1.54) is 24.3 Å². The Labute approximate surface area is 132 Å². The first kappa shape index (κ1) is 16.9. The van der Waals surface area contributed by atoms with E-state index in [1.807, 2.05) is 6.07 Å². The second-order valence-corrected chi connectivity index (χ2v) is 7.76. The summed E-state index contributed by atoms with van der Waals surface area (Å²) in [6, 6.07) is 8.32. The SMILES string of the molecule is N#Cc1ccc(S(=O)(=O)CCN2CCCCC2CCO)cc1. The Kier molecular flexibility index (Phi) is 5.95. The number of aliphatic hydroxyl groups excluding tert-OH is 1. The van der Waals surface area contributed by atoms with Crippen molar-refractivity contribution in [1.29, 1.82) is 5.26 Å². The molecule has 1 heterocycles. The molecular weight excluding hydrogens is 300 g/mol. The third-order valence-electron chi connectivity index (χ3n) is 4.20. The van der Waals surface area contributed by atoms with Crippen LogP contribution in [0.4, 0.5) is 0 Å². The largest absolute Gasteiger partial charge is 0.396 e. The molecule has 6 heteroatoms. The van der Waals surface area contributed by atoms with Crippen molar-refractivity contribution in [1.82, 2.24) is 4.90 Å². The topological polar surface area (TPSA) is 81.4 Å². The predicted octanol–water partition coefficient (Wildman–Crippen LogP) is 1.57. The van der Waals surface area contributed by atoms with Gasteiger partial charge < -0.3 is 5.11 Å². The lowest BCUT2D eigenvalue weighted by Gasteiger charge is -2.35. The van der Waals surface area contributed by atoms with Crippen LogP contribution in [0.1, 0.15) is 31.2 Å². The summed E-state index contributed by atoms with van der Waals surface area (Å²) in [7, 11) is -3.34. The van der Waals surface area contributed by atoms with Gasteiger partial charge in [-0.25, -0.2) is 8.42 Å². The maximum absolute atomic E-state index is 12.4. The molecule has 1 aliphatic rings. The molecule has 1 aliphatic heterocycles. The van der Waals surface area contributed by atoms with Gasteiger partial charge in [-0.3, -0.25) is 4.90 Å². The number of rotatable bonds is 6. The lowest BCUT2D eigenvalue weighted by molar-refractivity contribution is 0.126. The second-order valence-electron chi connectivity index (χ2n) is 5.65. The first-order valence-electron chi connectivity index (χ1n) is 7.64. The first-order chi connectivity index (χ1) is 10.6. The van der Waals surface area contributed by atoms with Crippen molar-refractivity contribution in [3.05, 3.63) is 29.8 Å². The molecule has 22 heavy (non-hydrogen) atoms. The van der Waals surface area contributed by atoms with Crippen LogP contribution in [-0.4, -0.2) is 49.9 Å². The molecule has 0 bridgehead atoms. The van der Waals surface area contributed by atoms with Crippen molar-refractivity contribution >= 4 is 9.84 Å². The highest BCUT2D eigenvalue weighted by Gasteiger charge is 2.24. The summed E-state index contributed by atoms with van der Waals surface area (Å²) in [6.07, 6.45) is 3.96. The number of sulfone groups is 1. The molecule has 1 unspecified atom stereocenters. The van der Waals surface area contributed by atoms with E-state index in [1.54, 1.807) is 0 Å². The van der Waals surface area contributed by atoms with Crippen molar-refractivity contribution in [2.24, 2.45) is 0 Å². The zero-order valence-electron chi connectivity index (χ0n) is 12.6.